The van der Waals surface area contributed by atoms with Gasteiger partial charge in [0.25, 0.3) is 0 Å². The van der Waals surface area contributed by atoms with E-state index in [2.05, 4.69) is 76.3 Å². The highest BCUT2D eigenvalue weighted by molar-refractivity contribution is 6.30. The molecule has 7 heteroatoms. The first-order chi connectivity index (χ1) is 15.6. The lowest BCUT2D eigenvalue weighted by atomic mass is 9.98. The van der Waals surface area contributed by atoms with E-state index in [4.69, 9.17) is 16.6 Å². The van der Waals surface area contributed by atoms with E-state index in [1.807, 2.05) is 18.2 Å². The Morgan fingerprint density at radius 3 is 2.56 bits per heavy atom. The maximum atomic E-state index is 6.61. The second-order valence-electron chi connectivity index (χ2n) is 8.53. The maximum absolute atomic E-state index is 6.61. The molecule has 0 bridgehead atoms. The molecule has 4 aromatic rings. The number of tetrazole rings is 1. The molecular formula is C25H29ClN6. The Hall–Kier alpha value is -2.99. The molecule has 1 N–H and O–H groups in total. The van der Waals surface area contributed by atoms with E-state index < -0.39 is 0 Å². The van der Waals surface area contributed by atoms with Crippen LogP contribution in [0.15, 0.2) is 48.5 Å². The monoisotopic (exact) mass is 448 g/mol. The van der Waals surface area contributed by atoms with Crippen molar-refractivity contribution in [2.45, 2.75) is 53.0 Å². The molecule has 0 amide bonds. The fourth-order valence-electron chi connectivity index (χ4n) is 3.98. The van der Waals surface area contributed by atoms with E-state index in [9.17, 15) is 0 Å². The quantitative estimate of drug-likeness (QED) is 0.342. The van der Waals surface area contributed by atoms with Crippen LogP contribution in [0.25, 0.3) is 22.5 Å². The number of H-pyrrole nitrogens is 1. The van der Waals surface area contributed by atoms with Gasteiger partial charge in [0.1, 0.15) is 5.82 Å². The second-order valence-corrected chi connectivity index (χ2v) is 8.88. The maximum Gasteiger partial charge on any atom is 0.205 e. The fourth-order valence-corrected chi connectivity index (χ4v) is 4.25. The molecule has 4 rings (SSSR count). The first kappa shape index (κ1) is 22.2. The average molecular weight is 449 g/mol. The van der Waals surface area contributed by atoms with Gasteiger partial charge in [-0.05, 0) is 46.7 Å². The van der Waals surface area contributed by atoms with Crippen molar-refractivity contribution in [2.75, 3.05) is 0 Å². The predicted octanol–water partition coefficient (Wildman–Crippen LogP) is 5.97. The Bertz CT molecular complexity index is 1150. The molecule has 0 saturated heterocycles. The summed E-state index contributed by atoms with van der Waals surface area (Å²) in [6, 6.07) is 16.8. The van der Waals surface area contributed by atoms with Crippen molar-refractivity contribution in [1.82, 2.24) is 30.2 Å². The van der Waals surface area contributed by atoms with Crippen molar-refractivity contribution in [2.24, 2.45) is 5.92 Å². The third-order valence-corrected chi connectivity index (χ3v) is 5.89. The van der Waals surface area contributed by atoms with Crippen LogP contribution in [0.5, 0.6) is 0 Å². The normalized spacial score (nSPS) is 11.4. The molecule has 6 nitrogen and oxygen atoms in total. The lowest BCUT2D eigenvalue weighted by molar-refractivity contribution is 0.588. The Labute approximate surface area is 194 Å². The molecule has 0 spiro atoms. The highest BCUT2D eigenvalue weighted by atomic mass is 35.5. The largest absolute Gasteiger partial charge is 0.326 e. The fraction of sp³-hybridized carbons (Fsp3) is 0.360. The minimum atomic E-state index is 0.485. The van der Waals surface area contributed by atoms with Crippen molar-refractivity contribution in [3.05, 3.63) is 70.8 Å². The van der Waals surface area contributed by atoms with E-state index in [-0.39, 0.29) is 0 Å². The van der Waals surface area contributed by atoms with Gasteiger partial charge in [-0.15, -0.1) is 10.2 Å². The van der Waals surface area contributed by atoms with E-state index >= 15 is 0 Å². The molecule has 0 aliphatic heterocycles. The zero-order valence-electron chi connectivity index (χ0n) is 18.8. The second kappa shape index (κ2) is 10.1. The minimum absolute atomic E-state index is 0.485. The number of rotatable bonds is 9. The number of aryl methyl sites for hydroxylation is 1. The molecular weight excluding hydrogens is 420 g/mol. The van der Waals surface area contributed by atoms with E-state index in [1.165, 1.54) is 0 Å². The average Bonchev–Trinajstić information content (AvgIpc) is 3.43. The summed E-state index contributed by atoms with van der Waals surface area (Å²) in [5.41, 5.74) is 5.44. The summed E-state index contributed by atoms with van der Waals surface area (Å²) in [4.78, 5) is 4.73. The third kappa shape index (κ3) is 4.91. The van der Waals surface area contributed by atoms with Crippen LogP contribution in [-0.4, -0.2) is 30.2 Å². The zero-order valence-corrected chi connectivity index (χ0v) is 19.6. The molecule has 0 aliphatic rings. The molecule has 166 valence electrons. The Morgan fingerprint density at radius 2 is 1.88 bits per heavy atom. The van der Waals surface area contributed by atoms with Crippen molar-refractivity contribution >= 4 is 11.6 Å². The van der Waals surface area contributed by atoms with Gasteiger partial charge >= 0.3 is 0 Å². The molecule has 2 heterocycles. The van der Waals surface area contributed by atoms with Gasteiger partial charge in [-0.2, -0.15) is 5.21 Å². The van der Waals surface area contributed by atoms with Gasteiger partial charge in [0.15, 0.2) is 5.15 Å². The van der Waals surface area contributed by atoms with Gasteiger partial charge in [0.05, 0.1) is 5.69 Å². The molecule has 0 saturated carbocycles. The van der Waals surface area contributed by atoms with E-state index in [1.54, 1.807) is 0 Å². The minimum Gasteiger partial charge on any atom is -0.326 e. The van der Waals surface area contributed by atoms with Crippen molar-refractivity contribution < 1.29 is 0 Å². The Kier molecular flexibility index (Phi) is 7.00. The molecule has 2 aromatic carbocycles. The molecule has 32 heavy (non-hydrogen) atoms. The highest BCUT2D eigenvalue weighted by Crippen LogP contribution is 2.30. The summed E-state index contributed by atoms with van der Waals surface area (Å²) in [7, 11) is 0. The topological polar surface area (TPSA) is 72.3 Å². The third-order valence-electron chi connectivity index (χ3n) is 5.59. The van der Waals surface area contributed by atoms with Gasteiger partial charge in [-0.3, -0.25) is 0 Å². The van der Waals surface area contributed by atoms with Crippen LogP contribution in [0.3, 0.4) is 0 Å². The SMILES string of the molecule is CCCCc1nc(Cl)c(CC(C)C)n1Cc1ccc(-c2ccccc2)cc1-c1nn[nH]n1. The molecule has 0 radical (unpaired) electrons. The number of halogens is 1. The lowest BCUT2D eigenvalue weighted by Gasteiger charge is -2.16. The number of aromatic amines is 1. The van der Waals surface area contributed by atoms with Gasteiger partial charge in [-0.1, -0.05) is 81.3 Å². The summed E-state index contributed by atoms with van der Waals surface area (Å²) in [5, 5.41) is 15.5. The summed E-state index contributed by atoms with van der Waals surface area (Å²) in [5.74, 6) is 2.11. The number of nitrogens with one attached hydrogen (secondary N) is 1. The van der Waals surface area contributed by atoms with E-state index in [0.717, 1.165) is 59.5 Å². The lowest BCUT2D eigenvalue weighted by Crippen LogP contribution is -2.12. The van der Waals surface area contributed by atoms with Crippen LogP contribution in [0.2, 0.25) is 5.15 Å². The molecule has 0 atom stereocenters. The molecule has 2 aromatic heterocycles. The standard InChI is InChI=1S/C25H29ClN6/c1-4-5-11-23-27-24(26)22(14-17(2)3)32(23)16-20-13-12-19(18-9-7-6-8-10-18)15-21(20)25-28-30-31-29-25/h6-10,12-13,15,17H,4-5,11,14,16H2,1-3H3,(H,28,29,30,31). The summed E-state index contributed by atoms with van der Waals surface area (Å²) in [6.07, 6.45) is 3.99. The molecule has 0 unspecified atom stereocenters. The van der Waals surface area contributed by atoms with Crippen LogP contribution in [-0.2, 0) is 19.4 Å². The number of imidazole rings is 1. The van der Waals surface area contributed by atoms with Crippen LogP contribution in [0.4, 0.5) is 0 Å². The van der Waals surface area contributed by atoms with E-state index in [0.29, 0.717) is 23.4 Å². The number of nitrogens with zero attached hydrogens (tertiary/aromatic N) is 5. The number of benzene rings is 2. The van der Waals surface area contributed by atoms with Gasteiger partial charge in [-0.25, -0.2) is 4.98 Å². The van der Waals surface area contributed by atoms with Gasteiger partial charge < -0.3 is 4.57 Å². The number of aromatic nitrogens is 6. The summed E-state index contributed by atoms with van der Waals surface area (Å²) in [6.45, 7) is 7.28. The molecule has 0 fully saturated rings. The van der Waals surface area contributed by atoms with Crippen LogP contribution in [0, 0.1) is 5.92 Å². The number of hydrogen-bond acceptors (Lipinski definition) is 4. The Morgan fingerprint density at radius 1 is 1.06 bits per heavy atom. The summed E-state index contributed by atoms with van der Waals surface area (Å²) < 4.78 is 2.29. The van der Waals surface area contributed by atoms with Crippen molar-refractivity contribution in [3.8, 4) is 22.5 Å². The highest BCUT2D eigenvalue weighted by Gasteiger charge is 2.19. The number of hydrogen-bond donors (Lipinski definition) is 1. The smallest absolute Gasteiger partial charge is 0.205 e. The van der Waals surface area contributed by atoms with Crippen LogP contribution >= 0.6 is 11.6 Å². The van der Waals surface area contributed by atoms with Crippen molar-refractivity contribution in [1.29, 1.82) is 0 Å². The van der Waals surface area contributed by atoms with Gasteiger partial charge in [0.2, 0.25) is 5.82 Å². The van der Waals surface area contributed by atoms with Crippen LogP contribution in [0.1, 0.15) is 50.7 Å². The predicted molar refractivity (Wildman–Crippen MR) is 129 cm³/mol. The molecule has 0 aliphatic carbocycles. The van der Waals surface area contributed by atoms with Crippen LogP contribution < -0.4 is 0 Å². The van der Waals surface area contributed by atoms with Crippen molar-refractivity contribution in [3.63, 3.8) is 0 Å². The van der Waals surface area contributed by atoms with Gasteiger partial charge in [0, 0.05) is 18.5 Å². The zero-order chi connectivity index (χ0) is 22.5. The number of unbranched alkanes of at least 4 members (excludes halogenated alkanes) is 1. The summed E-state index contributed by atoms with van der Waals surface area (Å²) >= 11 is 6.61. The Balaban J connectivity index is 1.79. The first-order valence-corrected chi connectivity index (χ1v) is 11.6. The first-order valence-electron chi connectivity index (χ1n) is 11.2.